The van der Waals surface area contributed by atoms with Gasteiger partial charge in [-0.1, -0.05) is 13.8 Å². The van der Waals surface area contributed by atoms with E-state index in [0.717, 1.165) is 42.1 Å². The van der Waals surface area contributed by atoms with Gasteiger partial charge in [-0.3, -0.25) is 4.79 Å². The third kappa shape index (κ3) is 2.62. The summed E-state index contributed by atoms with van der Waals surface area (Å²) in [5, 5.41) is 0.892. The maximum absolute atomic E-state index is 12.7. The molecule has 0 aromatic carbocycles. The van der Waals surface area contributed by atoms with Crippen LogP contribution >= 0.6 is 11.3 Å². The minimum Gasteiger partial charge on any atom is -0.397 e. The molecule has 3 heterocycles. The van der Waals surface area contributed by atoms with Crippen molar-refractivity contribution >= 4 is 33.1 Å². The quantitative estimate of drug-likeness (QED) is 0.925. The first-order valence-electron chi connectivity index (χ1n) is 7.50. The number of carbonyl (C=O) groups is 1. The minimum absolute atomic E-state index is 0.0673. The van der Waals surface area contributed by atoms with Crippen molar-refractivity contribution in [3.63, 3.8) is 0 Å². The minimum atomic E-state index is 0.0673. The summed E-state index contributed by atoms with van der Waals surface area (Å²) in [4.78, 5) is 20.4. The number of nitrogen functional groups attached to an aromatic ring is 1. The van der Waals surface area contributed by atoms with Crippen molar-refractivity contribution in [3.05, 3.63) is 23.2 Å². The summed E-state index contributed by atoms with van der Waals surface area (Å²) in [6, 6.07) is 3.78. The Bertz CT molecular complexity index is 657. The Morgan fingerprint density at radius 2 is 2.14 bits per heavy atom. The Kier molecular flexibility index (Phi) is 3.85. The number of amides is 1. The number of likely N-dealkylation sites (tertiary alicyclic amines) is 1. The number of nitrogens with two attached hydrogens (primary N) is 1. The summed E-state index contributed by atoms with van der Waals surface area (Å²) >= 11 is 1.41. The molecule has 2 aromatic heterocycles. The molecule has 0 saturated carbocycles. The van der Waals surface area contributed by atoms with Gasteiger partial charge in [-0.25, -0.2) is 4.98 Å². The summed E-state index contributed by atoms with van der Waals surface area (Å²) < 4.78 is 0. The van der Waals surface area contributed by atoms with Crippen molar-refractivity contribution in [1.82, 2.24) is 9.88 Å². The van der Waals surface area contributed by atoms with Gasteiger partial charge in [-0.15, -0.1) is 11.3 Å². The van der Waals surface area contributed by atoms with E-state index in [1.807, 2.05) is 17.0 Å². The Labute approximate surface area is 129 Å². The van der Waals surface area contributed by atoms with Crippen LogP contribution in [-0.2, 0) is 0 Å². The molecule has 0 radical (unpaired) electrons. The molecular weight excluding hydrogens is 282 g/mol. The van der Waals surface area contributed by atoms with Gasteiger partial charge in [-0.2, -0.15) is 0 Å². The van der Waals surface area contributed by atoms with Gasteiger partial charge in [0.15, 0.2) is 0 Å². The van der Waals surface area contributed by atoms with Crippen LogP contribution in [0.2, 0.25) is 0 Å². The summed E-state index contributed by atoms with van der Waals surface area (Å²) in [6.07, 6.45) is 3.92. The highest BCUT2D eigenvalue weighted by molar-refractivity contribution is 7.21. The van der Waals surface area contributed by atoms with Crippen LogP contribution in [0.15, 0.2) is 18.3 Å². The molecule has 0 atom stereocenters. The van der Waals surface area contributed by atoms with E-state index < -0.39 is 0 Å². The smallest absolute Gasteiger partial charge is 0.266 e. The molecule has 1 saturated heterocycles. The first-order valence-corrected chi connectivity index (χ1v) is 8.32. The molecule has 1 amide bonds. The summed E-state index contributed by atoms with van der Waals surface area (Å²) in [5.41, 5.74) is 6.73. The van der Waals surface area contributed by atoms with Gasteiger partial charge in [0.25, 0.3) is 5.91 Å². The van der Waals surface area contributed by atoms with E-state index in [1.165, 1.54) is 11.3 Å². The van der Waals surface area contributed by atoms with E-state index in [4.69, 9.17) is 5.73 Å². The second kappa shape index (κ2) is 5.64. The molecule has 4 nitrogen and oxygen atoms in total. The number of hydrogen-bond acceptors (Lipinski definition) is 4. The average Bonchev–Trinajstić information content (AvgIpc) is 2.84. The van der Waals surface area contributed by atoms with Crippen LogP contribution in [-0.4, -0.2) is 28.9 Å². The fraction of sp³-hybridized carbons (Fsp3) is 0.500. The molecule has 1 aliphatic heterocycles. The highest BCUT2D eigenvalue weighted by Gasteiger charge is 2.27. The number of nitrogens with zero attached hydrogens (tertiary/aromatic N) is 2. The zero-order valence-corrected chi connectivity index (χ0v) is 13.3. The van der Waals surface area contributed by atoms with E-state index >= 15 is 0 Å². The lowest BCUT2D eigenvalue weighted by atomic mass is 9.87. The van der Waals surface area contributed by atoms with Crippen LogP contribution in [0.1, 0.15) is 36.4 Å². The van der Waals surface area contributed by atoms with Gasteiger partial charge < -0.3 is 10.6 Å². The zero-order valence-electron chi connectivity index (χ0n) is 12.5. The molecule has 0 unspecified atom stereocenters. The Morgan fingerprint density at radius 1 is 1.43 bits per heavy atom. The molecule has 2 N–H and O–H groups in total. The van der Waals surface area contributed by atoms with Crippen molar-refractivity contribution in [2.45, 2.75) is 26.7 Å². The Balaban J connectivity index is 1.80. The number of piperidine rings is 1. The van der Waals surface area contributed by atoms with E-state index in [9.17, 15) is 4.79 Å². The lowest BCUT2D eigenvalue weighted by Gasteiger charge is -2.33. The molecule has 5 heteroatoms. The van der Waals surface area contributed by atoms with Crippen molar-refractivity contribution in [1.29, 1.82) is 0 Å². The SMILES string of the molecule is CC(C)C1CCN(C(=O)c2sc3ncccc3c2N)CC1. The van der Waals surface area contributed by atoms with Gasteiger partial charge in [0, 0.05) is 24.7 Å². The second-order valence-corrected chi connectivity index (χ2v) is 7.07. The second-order valence-electron chi connectivity index (χ2n) is 6.07. The number of pyridine rings is 1. The fourth-order valence-electron chi connectivity index (χ4n) is 3.02. The largest absolute Gasteiger partial charge is 0.397 e. The summed E-state index contributed by atoms with van der Waals surface area (Å²) in [7, 11) is 0. The van der Waals surface area contributed by atoms with Crippen molar-refractivity contribution in [2.24, 2.45) is 11.8 Å². The van der Waals surface area contributed by atoms with Crippen LogP contribution in [0.5, 0.6) is 0 Å². The molecule has 0 aliphatic carbocycles. The first-order chi connectivity index (χ1) is 10.1. The number of fused-ring (bicyclic) bond motifs is 1. The molecule has 112 valence electrons. The van der Waals surface area contributed by atoms with Crippen molar-refractivity contribution in [2.75, 3.05) is 18.8 Å². The average molecular weight is 303 g/mol. The summed E-state index contributed by atoms with van der Waals surface area (Å²) in [6.45, 7) is 6.20. The topological polar surface area (TPSA) is 59.2 Å². The number of anilines is 1. The number of aromatic nitrogens is 1. The number of rotatable bonds is 2. The van der Waals surface area contributed by atoms with E-state index in [2.05, 4.69) is 18.8 Å². The van der Waals surface area contributed by atoms with E-state index in [0.29, 0.717) is 16.5 Å². The maximum Gasteiger partial charge on any atom is 0.266 e. The predicted molar refractivity (Wildman–Crippen MR) is 87.5 cm³/mol. The monoisotopic (exact) mass is 303 g/mol. The maximum atomic E-state index is 12.7. The van der Waals surface area contributed by atoms with Crippen LogP contribution < -0.4 is 5.73 Å². The first kappa shape index (κ1) is 14.3. The Hall–Kier alpha value is -1.62. The normalized spacial score (nSPS) is 16.8. The Morgan fingerprint density at radius 3 is 2.76 bits per heavy atom. The third-order valence-electron chi connectivity index (χ3n) is 4.47. The third-order valence-corrected chi connectivity index (χ3v) is 5.59. The number of hydrogen-bond donors (Lipinski definition) is 1. The fourth-order valence-corrected chi connectivity index (χ4v) is 4.05. The zero-order chi connectivity index (χ0) is 15.0. The van der Waals surface area contributed by atoms with Gasteiger partial charge in [0.1, 0.15) is 9.71 Å². The van der Waals surface area contributed by atoms with Gasteiger partial charge in [-0.05, 0) is 36.8 Å². The van der Waals surface area contributed by atoms with Crippen LogP contribution in [0, 0.1) is 11.8 Å². The summed E-state index contributed by atoms with van der Waals surface area (Å²) in [5.74, 6) is 1.49. The highest BCUT2D eigenvalue weighted by Crippen LogP contribution is 2.34. The standard InChI is InChI=1S/C16H21N3OS/c1-10(2)11-5-8-19(9-6-11)16(20)14-13(17)12-4-3-7-18-15(12)21-14/h3-4,7,10-11H,5-6,8-9,17H2,1-2H3. The molecule has 2 aromatic rings. The molecule has 1 fully saturated rings. The number of carbonyl (C=O) groups excluding carboxylic acids is 1. The molecule has 1 aliphatic rings. The molecule has 21 heavy (non-hydrogen) atoms. The van der Waals surface area contributed by atoms with Gasteiger partial charge in [0.2, 0.25) is 0 Å². The van der Waals surface area contributed by atoms with Crippen LogP contribution in [0.4, 0.5) is 5.69 Å². The predicted octanol–water partition coefficient (Wildman–Crippen LogP) is 3.39. The molecule has 0 spiro atoms. The lowest BCUT2D eigenvalue weighted by molar-refractivity contribution is 0.0673. The van der Waals surface area contributed by atoms with Crippen LogP contribution in [0.25, 0.3) is 10.2 Å². The van der Waals surface area contributed by atoms with Crippen LogP contribution in [0.3, 0.4) is 0 Å². The van der Waals surface area contributed by atoms with E-state index in [1.54, 1.807) is 6.20 Å². The number of thiophene rings is 1. The van der Waals surface area contributed by atoms with Crippen molar-refractivity contribution in [3.8, 4) is 0 Å². The van der Waals surface area contributed by atoms with E-state index in [-0.39, 0.29) is 5.91 Å². The molecular formula is C16H21N3OS. The van der Waals surface area contributed by atoms with Gasteiger partial charge >= 0.3 is 0 Å². The van der Waals surface area contributed by atoms with Crippen molar-refractivity contribution < 1.29 is 4.79 Å². The lowest BCUT2D eigenvalue weighted by Crippen LogP contribution is -2.39. The highest BCUT2D eigenvalue weighted by atomic mass is 32.1. The molecule has 0 bridgehead atoms. The molecule has 3 rings (SSSR count). The van der Waals surface area contributed by atoms with Gasteiger partial charge in [0.05, 0.1) is 5.69 Å².